The van der Waals surface area contributed by atoms with Gasteiger partial charge in [0.2, 0.25) is 0 Å². The second-order valence-corrected chi connectivity index (χ2v) is 3.75. The molecule has 0 aliphatic heterocycles. The molecule has 0 heterocycles. The van der Waals surface area contributed by atoms with Crippen molar-refractivity contribution in [3.05, 3.63) is 0 Å². The monoisotopic (exact) mass is 330 g/mol. The number of carboxylic acids is 1. The number of carboxylic acid groups (broad SMARTS) is 1. The van der Waals surface area contributed by atoms with E-state index in [0.29, 0.717) is 19.8 Å². The number of rotatable bonds is 6. The Balaban J connectivity index is -0.0000000494. The summed E-state index contributed by atoms with van der Waals surface area (Å²) < 4.78 is 0. The van der Waals surface area contributed by atoms with Gasteiger partial charge in [0.15, 0.2) is 0 Å². The Hall–Kier alpha value is 0.0643. The molecular weight excluding hydrogens is 296 g/mol. The minimum atomic E-state index is -0.833. The van der Waals surface area contributed by atoms with Crippen LogP contribution in [0.25, 0.3) is 0 Å². The van der Waals surface area contributed by atoms with Crippen LogP contribution in [-0.4, -0.2) is 46.2 Å². The Morgan fingerprint density at radius 1 is 0.750 bits per heavy atom. The van der Waals surface area contributed by atoms with Crippen molar-refractivity contribution in [3.8, 4) is 0 Å². The van der Waals surface area contributed by atoms with Gasteiger partial charge in [0, 0.05) is 48.5 Å². The van der Waals surface area contributed by atoms with Crippen LogP contribution in [0.3, 0.4) is 0 Å². The first kappa shape index (κ1) is 32.1. The predicted octanol–water partition coefficient (Wildman–Crippen LogP) is 2.42. The molecule has 124 valence electrons. The third-order valence-electron chi connectivity index (χ3n) is 1.54. The summed E-state index contributed by atoms with van der Waals surface area (Å²) in [6, 6.07) is 0. The molecule has 0 aromatic heterocycles. The van der Waals surface area contributed by atoms with Crippen LogP contribution in [0, 0.1) is 0 Å². The normalized spacial score (nSPS) is 7.55. The van der Waals surface area contributed by atoms with Gasteiger partial charge in [0.1, 0.15) is 0 Å². The van der Waals surface area contributed by atoms with Crippen LogP contribution in [-0.2, 0) is 26.5 Å². The minimum Gasteiger partial charge on any atom is -0.481 e. The van der Waals surface area contributed by atoms with Crippen LogP contribution in [0.1, 0.15) is 66.2 Å². The van der Waals surface area contributed by atoms with Gasteiger partial charge in [-0.05, 0) is 19.3 Å². The fourth-order valence-corrected chi connectivity index (χ4v) is 0.474. The Labute approximate surface area is 139 Å². The van der Waals surface area contributed by atoms with Crippen molar-refractivity contribution in [1.29, 1.82) is 0 Å². The van der Waals surface area contributed by atoms with E-state index in [1.807, 2.05) is 0 Å². The van der Waals surface area contributed by atoms with Gasteiger partial charge in [0.05, 0.1) is 0 Å². The first-order valence-electron chi connectivity index (χ1n) is 7.00. The molecule has 0 aliphatic rings. The van der Waals surface area contributed by atoms with Crippen LogP contribution >= 0.6 is 0 Å². The van der Waals surface area contributed by atoms with Gasteiger partial charge in [-0.1, -0.05) is 40.0 Å². The Morgan fingerprint density at radius 2 is 0.900 bits per heavy atom. The van der Waals surface area contributed by atoms with Crippen LogP contribution < -0.4 is 0 Å². The molecule has 20 heavy (non-hydrogen) atoms. The number of carbonyl (C=O) groups is 1. The molecule has 0 spiro atoms. The molecule has 0 fully saturated rings. The molecule has 0 bridgehead atoms. The molecule has 0 rings (SSSR count). The molecular formula is C14H34O5Ti. The second-order valence-electron chi connectivity index (χ2n) is 3.75. The summed E-state index contributed by atoms with van der Waals surface area (Å²) in [7, 11) is 0. The fourth-order valence-electron chi connectivity index (χ4n) is 0.474. The molecule has 0 saturated carbocycles. The van der Waals surface area contributed by atoms with Crippen molar-refractivity contribution in [1.82, 2.24) is 0 Å². The third-order valence-corrected chi connectivity index (χ3v) is 1.54. The van der Waals surface area contributed by atoms with E-state index >= 15 is 0 Å². The maximum atomic E-state index is 9.00. The SMILES string of the molecule is CC(=O)O.CCCCO.CCCCO.CCCCO.[Ti]. The topological polar surface area (TPSA) is 98.0 Å². The number of hydrogen-bond donors (Lipinski definition) is 4. The Morgan fingerprint density at radius 3 is 0.900 bits per heavy atom. The molecule has 0 unspecified atom stereocenters. The van der Waals surface area contributed by atoms with Gasteiger partial charge < -0.3 is 20.4 Å². The van der Waals surface area contributed by atoms with Crippen molar-refractivity contribution >= 4 is 5.97 Å². The summed E-state index contributed by atoms with van der Waals surface area (Å²) >= 11 is 0. The average molecular weight is 330 g/mol. The van der Waals surface area contributed by atoms with Crippen molar-refractivity contribution in [3.63, 3.8) is 0 Å². The number of aliphatic carboxylic acids is 1. The van der Waals surface area contributed by atoms with Gasteiger partial charge >= 0.3 is 0 Å². The molecule has 5 nitrogen and oxygen atoms in total. The van der Waals surface area contributed by atoms with Gasteiger partial charge in [0.25, 0.3) is 5.97 Å². The summed E-state index contributed by atoms with van der Waals surface area (Å²) in [6.07, 6.45) is 6.11. The predicted molar refractivity (Wildman–Crippen MR) is 79.3 cm³/mol. The molecule has 6 heteroatoms. The van der Waals surface area contributed by atoms with Crippen molar-refractivity contribution in [2.45, 2.75) is 66.2 Å². The third kappa shape index (κ3) is 143. The summed E-state index contributed by atoms with van der Waals surface area (Å²) in [6.45, 7) is 8.27. The summed E-state index contributed by atoms with van der Waals surface area (Å²) in [4.78, 5) is 9.00. The number of hydrogen-bond acceptors (Lipinski definition) is 4. The maximum Gasteiger partial charge on any atom is 0.300 e. The first-order valence-corrected chi connectivity index (χ1v) is 7.00. The van der Waals surface area contributed by atoms with Crippen LogP contribution in [0.2, 0.25) is 0 Å². The Bertz CT molecular complexity index is 110. The van der Waals surface area contributed by atoms with Crippen LogP contribution in [0.5, 0.6) is 0 Å². The van der Waals surface area contributed by atoms with Gasteiger partial charge in [-0.15, -0.1) is 0 Å². The molecule has 4 N–H and O–H groups in total. The van der Waals surface area contributed by atoms with E-state index in [1.165, 1.54) is 0 Å². The molecule has 0 amide bonds. The van der Waals surface area contributed by atoms with Crippen molar-refractivity contribution in [2.75, 3.05) is 19.8 Å². The van der Waals surface area contributed by atoms with E-state index < -0.39 is 5.97 Å². The molecule has 0 atom stereocenters. The van der Waals surface area contributed by atoms with Gasteiger partial charge in [-0.3, -0.25) is 4.79 Å². The van der Waals surface area contributed by atoms with E-state index in [1.54, 1.807) is 0 Å². The fraction of sp³-hybridized carbons (Fsp3) is 0.929. The molecule has 0 aromatic carbocycles. The minimum absolute atomic E-state index is 0. The van der Waals surface area contributed by atoms with Gasteiger partial charge in [-0.2, -0.15) is 0 Å². The summed E-state index contributed by atoms with van der Waals surface area (Å²) in [5.74, 6) is -0.833. The largest absolute Gasteiger partial charge is 0.481 e. The quantitative estimate of drug-likeness (QED) is 0.561. The second kappa shape index (κ2) is 42.7. The van der Waals surface area contributed by atoms with Gasteiger partial charge in [-0.25, -0.2) is 0 Å². The van der Waals surface area contributed by atoms with E-state index in [0.717, 1.165) is 45.4 Å². The smallest absolute Gasteiger partial charge is 0.300 e. The molecule has 0 radical (unpaired) electrons. The standard InChI is InChI=1S/3C4H10O.C2H4O2.Ti/c3*1-2-3-4-5;1-2(3)4;/h3*5H,2-4H2,1H3;1H3,(H,3,4);. The zero-order valence-corrected chi connectivity index (χ0v) is 15.1. The Kier molecular flexibility index (Phi) is 68.7. The van der Waals surface area contributed by atoms with E-state index in [9.17, 15) is 0 Å². The molecule has 0 aliphatic carbocycles. The summed E-state index contributed by atoms with van der Waals surface area (Å²) in [5.41, 5.74) is 0. The van der Waals surface area contributed by atoms with E-state index in [4.69, 9.17) is 25.2 Å². The van der Waals surface area contributed by atoms with Crippen LogP contribution in [0.15, 0.2) is 0 Å². The zero-order valence-electron chi connectivity index (χ0n) is 13.6. The molecule has 0 saturated heterocycles. The first-order chi connectivity index (χ1) is 8.97. The van der Waals surface area contributed by atoms with Crippen molar-refractivity contribution in [2.24, 2.45) is 0 Å². The summed E-state index contributed by atoms with van der Waals surface area (Å²) in [5, 5.41) is 31.6. The number of unbranched alkanes of at least 4 members (excludes halogenated alkanes) is 3. The molecule has 0 aromatic rings. The van der Waals surface area contributed by atoms with E-state index in [-0.39, 0.29) is 21.7 Å². The maximum absolute atomic E-state index is 9.00. The van der Waals surface area contributed by atoms with Crippen molar-refractivity contribution < 1.29 is 46.9 Å². The number of aliphatic hydroxyl groups excluding tert-OH is 3. The number of aliphatic hydroxyl groups is 3. The zero-order chi connectivity index (χ0) is 15.9. The van der Waals surface area contributed by atoms with E-state index in [2.05, 4.69) is 20.8 Å². The average Bonchev–Trinajstić information content (AvgIpc) is 2.33. The van der Waals surface area contributed by atoms with Crippen LogP contribution in [0.4, 0.5) is 0 Å².